The van der Waals surface area contributed by atoms with E-state index in [2.05, 4.69) is 35.4 Å². The van der Waals surface area contributed by atoms with Gasteiger partial charge < -0.3 is 15.1 Å². The quantitative estimate of drug-likeness (QED) is 0.112. The number of amides is 4. The van der Waals surface area contributed by atoms with Gasteiger partial charge in [0.2, 0.25) is 11.8 Å². The molecule has 4 amide bonds. The van der Waals surface area contributed by atoms with Gasteiger partial charge in [-0.05, 0) is 23.6 Å². The third-order valence-corrected chi connectivity index (χ3v) is 7.75. The summed E-state index contributed by atoms with van der Waals surface area (Å²) in [7, 11) is 0. The Hall–Kier alpha value is -5.62. The number of nitrogens with zero attached hydrogens (tertiary/aromatic N) is 6. The minimum atomic E-state index is -0.765. The summed E-state index contributed by atoms with van der Waals surface area (Å²) in [6, 6.07) is 18.1. The van der Waals surface area contributed by atoms with Crippen LogP contribution in [0.1, 0.15) is 18.1 Å². The highest BCUT2D eigenvalue weighted by Gasteiger charge is 2.52. The first-order chi connectivity index (χ1) is 22.9. The van der Waals surface area contributed by atoms with Gasteiger partial charge in [0.15, 0.2) is 0 Å². The van der Waals surface area contributed by atoms with Gasteiger partial charge in [0, 0.05) is 37.7 Å². The van der Waals surface area contributed by atoms with Gasteiger partial charge in [-0.25, -0.2) is 4.79 Å². The number of piperazine rings is 1. The van der Waals surface area contributed by atoms with Crippen molar-refractivity contribution < 1.29 is 14.4 Å². The summed E-state index contributed by atoms with van der Waals surface area (Å²) in [6.07, 6.45) is 15.6. The lowest BCUT2D eigenvalue weighted by molar-refractivity contribution is -0.156. The SMILES string of the molecule is C#CCN(C=C)N=C=C/C(=C\C=C/C)CN1C[C@H]2N(C(=O)CN2N(CC=C)C(=O)NCc2ccccc2)[C@@H](Cc2ccccc2)C1=O. The summed E-state index contributed by atoms with van der Waals surface area (Å²) in [6.45, 7) is 10.6. The lowest BCUT2D eigenvalue weighted by atomic mass is 10.00. The van der Waals surface area contributed by atoms with Gasteiger partial charge in [-0.15, -0.1) is 18.1 Å². The summed E-state index contributed by atoms with van der Waals surface area (Å²) in [4.78, 5) is 44.8. The van der Waals surface area contributed by atoms with Gasteiger partial charge >= 0.3 is 6.03 Å². The number of hydrogen-bond donors (Lipinski definition) is 1. The predicted octanol–water partition coefficient (Wildman–Crippen LogP) is 3.95. The zero-order valence-corrected chi connectivity index (χ0v) is 26.7. The van der Waals surface area contributed by atoms with Crippen LogP contribution in [0.3, 0.4) is 0 Å². The van der Waals surface area contributed by atoms with Crippen LogP contribution >= 0.6 is 0 Å². The molecule has 10 nitrogen and oxygen atoms in total. The maximum absolute atomic E-state index is 14.2. The van der Waals surface area contributed by atoms with Gasteiger partial charge in [-0.3, -0.25) is 19.6 Å². The Morgan fingerprint density at radius 1 is 1.11 bits per heavy atom. The van der Waals surface area contributed by atoms with Gasteiger partial charge in [0.05, 0.1) is 19.6 Å². The molecule has 0 aliphatic carbocycles. The molecule has 2 saturated heterocycles. The van der Waals surface area contributed by atoms with Crippen molar-refractivity contribution in [1.82, 2.24) is 30.1 Å². The van der Waals surface area contributed by atoms with Crippen LogP contribution in [0, 0.1) is 12.3 Å². The number of rotatable bonds is 14. The molecule has 1 N–H and O–H groups in total. The van der Waals surface area contributed by atoms with Crippen molar-refractivity contribution in [3.05, 3.63) is 127 Å². The Balaban J connectivity index is 1.66. The molecule has 2 aliphatic heterocycles. The van der Waals surface area contributed by atoms with Gasteiger partial charge in [-0.1, -0.05) is 97.5 Å². The number of hydrazine groups is 1. The molecule has 47 heavy (non-hydrogen) atoms. The molecule has 0 spiro atoms. The largest absolute Gasteiger partial charge is 0.333 e. The monoisotopic (exact) mass is 631 g/mol. The first-order valence-corrected chi connectivity index (χ1v) is 15.4. The maximum Gasteiger partial charge on any atom is 0.332 e. The molecule has 4 rings (SSSR count). The molecule has 0 unspecified atom stereocenters. The molecular formula is C37H41N7O3. The fourth-order valence-electron chi connectivity index (χ4n) is 5.53. The number of hydrogen-bond acceptors (Lipinski definition) is 6. The molecule has 2 fully saturated rings. The van der Waals surface area contributed by atoms with E-state index < -0.39 is 12.2 Å². The van der Waals surface area contributed by atoms with Crippen LogP contribution in [-0.4, -0.2) is 93.5 Å². The number of hydrazone groups is 1. The second kappa shape index (κ2) is 17.2. The van der Waals surface area contributed by atoms with Gasteiger partial charge in [0.25, 0.3) is 0 Å². The van der Waals surface area contributed by atoms with E-state index in [9.17, 15) is 14.4 Å². The number of urea groups is 1. The Kier molecular flexibility index (Phi) is 12.5. The summed E-state index contributed by atoms with van der Waals surface area (Å²) in [5, 5.41) is 11.9. The first-order valence-electron chi connectivity index (χ1n) is 15.4. The summed E-state index contributed by atoms with van der Waals surface area (Å²) < 4.78 is 0. The van der Waals surface area contributed by atoms with Crippen molar-refractivity contribution in [3.8, 4) is 12.3 Å². The van der Waals surface area contributed by atoms with Crippen LogP contribution in [0.15, 0.2) is 121 Å². The number of fused-ring (bicyclic) bond motifs is 1. The highest BCUT2D eigenvalue weighted by Crippen LogP contribution is 2.30. The number of terminal acetylenes is 1. The lowest BCUT2D eigenvalue weighted by Crippen LogP contribution is -2.66. The van der Waals surface area contributed by atoms with Crippen LogP contribution in [0.4, 0.5) is 4.79 Å². The smallest absolute Gasteiger partial charge is 0.332 e. The van der Waals surface area contributed by atoms with Gasteiger partial charge in [0.1, 0.15) is 18.8 Å². The van der Waals surface area contributed by atoms with Crippen molar-refractivity contribution in [3.63, 3.8) is 0 Å². The molecule has 242 valence electrons. The number of allylic oxidation sites excluding steroid dienone is 3. The summed E-state index contributed by atoms with van der Waals surface area (Å²) in [5.41, 5.74) is 2.63. The van der Waals surface area contributed by atoms with E-state index in [0.717, 1.165) is 16.7 Å². The minimum absolute atomic E-state index is 0.0515. The first kappa shape index (κ1) is 34.3. The Bertz CT molecular complexity index is 1590. The summed E-state index contributed by atoms with van der Waals surface area (Å²) in [5.74, 6) is 5.01. The molecule has 2 aliphatic rings. The normalized spacial score (nSPS) is 17.8. The molecule has 10 heteroatoms. The zero-order chi connectivity index (χ0) is 33.6. The van der Waals surface area contributed by atoms with Crippen molar-refractivity contribution in [1.29, 1.82) is 0 Å². The highest BCUT2D eigenvalue weighted by atomic mass is 16.2. The van der Waals surface area contributed by atoms with E-state index in [-0.39, 0.29) is 50.6 Å². The average molecular weight is 632 g/mol. The van der Waals surface area contributed by atoms with E-state index in [0.29, 0.717) is 13.0 Å². The molecule has 2 heterocycles. The standard InChI is InChI=1S/C37H41N7O3/c1-5-9-16-32(21-22-39-41(8-4)23-6-2)27-40-28-34-43(42(24-7-3)37(47)38-26-31-19-14-11-15-20-31)29-35(45)44(34)33(36(40)46)25-30-17-12-10-13-18-30/h2,5,7-21,33-34H,3-4,23-29H2,1H3,(H,38,47)/b9-5-,32-16+/t33-,34+/m0/s1. The third-order valence-electron chi connectivity index (χ3n) is 7.75. The molecular weight excluding hydrogens is 590 g/mol. The topological polar surface area (TPSA) is 91.8 Å². The number of benzene rings is 2. The Labute approximate surface area is 277 Å². The maximum atomic E-state index is 14.2. The third kappa shape index (κ3) is 8.98. The fourth-order valence-corrected chi connectivity index (χ4v) is 5.53. The molecule has 2 atom stereocenters. The molecule has 0 aromatic heterocycles. The van der Waals surface area contributed by atoms with Crippen molar-refractivity contribution in [2.45, 2.75) is 32.1 Å². The second-order valence-electron chi connectivity index (χ2n) is 10.9. The minimum Gasteiger partial charge on any atom is -0.333 e. The average Bonchev–Trinajstić information content (AvgIpc) is 3.41. The van der Waals surface area contributed by atoms with Crippen LogP contribution in [0.5, 0.6) is 0 Å². The molecule has 0 radical (unpaired) electrons. The van der Waals surface area contributed by atoms with Gasteiger partial charge in [-0.2, -0.15) is 5.01 Å². The predicted molar refractivity (Wildman–Crippen MR) is 184 cm³/mol. The Morgan fingerprint density at radius 2 is 1.81 bits per heavy atom. The number of carbonyl (C=O) groups excluding carboxylic acids is 3. The van der Waals surface area contributed by atoms with Crippen LogP contribution in [0.25, 0.3) is 0 Å². The number of nitrogens with one attached hydrogen (secondary N) is 1. The van der Waals surface area contributed by atoms with E-state index in [4.69, 9.17) is 6.42 Å². The van der Waals surface area contributed by atoms with Crippen LogP contribution < -0.4 is 5.32 Å². The van der Waals surface area contributed by atoms with E-state index in [1.165, 1.54) is 16.2 Å². The molecule has 0 saturated carbocycles. The molecule has 2 aromatic rings. The number of carbonyl (C=O) groups is 3. The molecule has 0 bridgehead atoms. The highest BCUT2D eigenvalue weighted by molar-refractivity contribution is 5.92. The van der Waals surface area contributed by atoms with Crippen molar-refractivity contribution in [2.75, 3.05) is 32.7 Å². The van der Waals surface area contributed by atoms with Crippen molar-refractivity contribution in [2.24, 2.45) is 5.10 Å². The van der Waals surface area contributed by atoms with Crippen LogP contribution in [-0.2, 0) is 22.6 Å². The van der Waals surface area contributed by atoms with Crippen LogP contribution in [0.2, 0.25) is 0 Å². The molecule has 2 aromatic carbocycles. The van der Waals surface area contributed by atoms with Crippen molar-refractivity contribution >= 4 is 23.7 Å². The second-order valence-corrected chi connectivity index (χ2v) is 10.9. The lowest BCUT2D eigenvalue weighted by Gasteiger charge is -2.46. The van der Waals surface area contributed by atoms with E-state index in [1.807, 2.05) is 85.8 Å². The van der Waals surface area contributed by atoms with E-state index >= 15 is 0 Å². The zero-order valence-electron chi connectivity index (χ0n) is 26.7. The fraction of sp³-hybridized carbons (Fsp3) is 0.270. The van der Waals surface area contributed by atoms with E-state index in [1.54, 1.807) is 27.0 Å². The summed E-state index contributed by atoms with van der Waals surface area (Å²) >= 11 is 0. The Morgan fingerprint density at radius 3 is 2.45 bits per heavy atom.